The van der Waals surface area contributed by atoms with Gasteiger partial charge >= 0.3 is 17.9 Å². The van der Waals surface area contributed by atoms with Crippen molar-refractivity contribution in [1.29, 1.82) is 0 Å². The molecule has 0 fully saturated rings. The third-order valence-electron chi connectivity index (χ3n) is 3.55. The number of nitrogens with one attached hydrogen (secondary N) is 2. The van der Waals surface area contributed by atoms with Crippen LogP contribution in [0.25, 0.3) is 0 Å². The van der Waals surface area contributed by atoms with Gasteiger partial charge in [-0.25, -0.2) is 10.2 Å². The van der Waals surface area contributed by atoms with Gasteiger partial charge in [0.1, 0.15) is 25.4 Å². The lowest BCUT2D eigenvalue weighted by atomic mass is 10.2. The van der Waals surface area contributed by atoms with Crippen LogP contribution < -0.4 is 10.2 Å². The van der Waals surface area contributed by atoms with Crippen molar-refractivity contribution < 1.29 is 33.2 Å². The molecule has 0 radical (unpaired) electrons. The van der Waals surface area contributed by atoms with E-state index in [4.69, 9.17) is 14.2 Å². The highest BCUT2D eigenvalue weighted by atomic mass is 31.2. The van der Waals surface area contributed by atoms with Crippen molar-refractivity contribution in [3.63, 3.8) is 0 Å². The van der Waals surface area contributed by atoms with Crippen LogP contribution >= 0.6 is 7.44 Å². The third kappa shape index (κ3) is 10.5. The summed E-state index contributed by atoms with van der Waals surface area (Å²) in [6.45, 7) is 7.80. The van der Waals surface area contributed by atoms with Gasteiger partial charge in [0, 0.05) is 0 Å². The molecule has 0 saturated heterocycles. The van der Waals surface area contributed by atoms with E-state index < -0.39 is 44.1 Å². The van der Waals surface area contributed by atoms with Gasteiger partial charge in [-0.15, -0.1) is 0 Å². The first-order chi connectivity index (χ1) is 14.0. The van der Waals surface area contributed by atoms with Crippen LogP contribution in [-0.4, -0.2) is 48.9 Å². The van der Waals surface area contributed by atoms with Gasteiger partial charge in [0.05, 0.1) is 12.2 Å². The summed E-state index contributed by atoms with van der Waals surface area (Å²) in [5.41, 5.74) is 0.774. The molecule has 2 atom stereocenters. The predicted molar refractivity (Wildman–Crippen MR) is 112 cm³/mol. The van der Waals surface area contributed by atoms with Crippen molar-refractivity contribution in [1.82, 2.24) is 10.2 Å². The molecule has 0 aliphatic heterocycles. The van der Waals surface area contributed by atoms with Gasteiger partial charge in [0.15, 0.2) is 0 Å². The molecule has 0 aliphatic carbocycles. The minimum absolute atomic E-state index is 0.0139. The van der Waals surface area contributed by atoms with Gasteiger partial charge in [0.25, 0.3) is 0 Å². The Balaban J connectivity index is 2.79. The highest BCUT2D eigenvalue weighted by Gasteiger charge is 2.32. The van der Waals surface area contributed by atoms with Crippen molar-refractivity contribution in [2.24, 2.45) is 0 Å². The van der Waals surface area contributed by atoms with Gasteiger partial charge in [-0.1, -0.05) is 30.3 Å². The molecule has 0 aromatic heterocycles. The molecule has 0 amide bonds. The van der Waals surface area contributed by atoms with Crippen LogP contribution in [-0.2, 0) is 39.8 Å². The van der Waals surface area contributed by atoms with Crippen LogP contribution in [0, 0.1) is 0 Å². The molecular formula is C20H31N2O7P. The number of rotatable bonds is 12. The summed E-state index contributed by atoms with van der Waals surface area (Å²) in [4.78, 5) is 36.2. The van der Waals surface area contributed by atoms with Crippen LogP contribution in [0.4, 0.5) is 0 Å². The lowest BCUT2D eigenvalue weighted by Gasteiger charge is -2.24. The molecule has 0 spiro atoms. The molecule has 9 nitrogen and oxygen atoms in total. The molecular weight excluding hydrogens is 411 g/mol. The summed E-state index contributed by atoms with van der Waals surface area (Å²) >= 11 is 0. The van der Waals surface area contributed by atoms with Crippen LogP contribution in [0.15, 0.2) is 30.3 Å². The topological polar surface area (TPSA) is 120 Å². The number of hydrogen-bond acceptors (Lipinski definition) is 7. The summed E-state index contributed by atoms with van der Waals surface area (Å²) in [5.74, 6) is -2.01. The molecule has 168 valence electrons. The summed E-state index contributed by atoms with van der Waals surface area (Å²) in [5, 5.41) is 5.13. The average Bonchev–Trinajstić information content (AvgIpc) is 2.64. The molecule has 30 heavy (non-hydrogen) atoms. The Bertz CT molecular complexity index is 753. The Morgan fingerprint density at radius 1 is 0.933 bits per heavy atom. The van der Waals surface area contributed by atoms with E-state index in [0.717, 1.165) is 5.56 Å². The first-order valence-electron chi connectivity index (χ1n) is 9.72. The van der Waals surface area contributed by atoms with Gasteiger partial charge in [-0.05, 0) is 40.2 Å². The Hall–Kier alpha value is -2.22. The van der Waals surface area contributed by atoms with E-state index in [9.17, 15) is 18.9 Å². The molecule has 1 rings (SSSR count). The highest BCUT2D eigenvalue weighted by molar-refractivity contribution is 7.60. The zero-order valence-electron chi connectivity index (χ0n) is 18.0. The molecule has 0 heterocycles. The second kappa shape index (κ2) is 12.5. The van der Waals surface area contributed by atoms with Crippen molar-refractivity contribution >= 4 is 25.4 Å². The molecule has 1 aromatic carbocycles. The van der Waals surface area contributed by atoms with Gasteiger partial charge < -0.3 is 14.2 Å². The molecule has 2 N–H and O–H groups in total. The molecule has 0 aliphatic rings. The van der Waals surface area contributed by atoms with Gasteiger partial charge in [0.2, 0.25) is 7.44 Å². The zero-order chi connectivity index (χ0) is 22.7. The van der Waals surface area contributed by atoms with E-state index in [2.05, 4.69) is 10.2 Å². The Morgan fingerprint density at radius 3 is 2.10 bits per heavy atom. The maximum atomic E-state index is 13.3. The maximum absolute atomic E-state index is 13.3. The quantitative estimate of drug-likeness (QED) is 0.286. The average molecular weight is 442 g/mol. The van der Waals surface area contributed by atoms with E-state index in [1.54, 1.807) is 52.0 Å². The summed E-state index contributed by atoms with van der Waals surface area (Å²) < 4.78 is 28.6. The zero-order valence-corrected chi connectivity index (χ0v) is 18.9. The third-order valence-corrected chi connectivity index (χ3v) is 5.72. The minimum Gasteiger partial charge on any atom is -0.462 e. The lowest BCUT2D eigenvalue weighted by Crippen LogP contribution is -2.41. The number of hydrogen-bond donors (Lipinski definition) is 2. The number of benzene rings is 1. The van der Waals surface area contributed by atoms with Crippen molar-refractivity contribution in [3.05, 3.63) is 35.9 Å². The summed E-state index contributed by atoms with van der Waals surface area (Å²) in [6, 6.07) is 8.04. The second-order valence-corrected chi connectivity index (χ2v) is 9.62. The standard InChI is InChI=1S/C20H31N2O7P/c1-14(2)28-18(23)11-21-30(26,22-16(5)20(25)29-15(3)4)13-19(24)27-12-17-9-7-6-8-10-17/h6-10,14-16H,11-13H2,1-5H3,(H2,21,22,26)/t16-,30?/m0/s1. The molecule has 1 aromatic rings. The SMILES string of the molecule is CC(C)OC(=O)CNP(=O)(CC(=O)OCc1ccccc1)N[C@@H](C)C(=O)OC(C)C. The highest BCUT2D eigenvalue weighted by Crippen LogP contribution is 2.36. The number of carbonyl (C=O) groups excluding carboxylic acids is 3. The van der Waals surface area contributed by atoms with Gasteiger partial charge in [-0.3, -0.25) is 18.9 Å². The molecule has 0 saturated carbocycles. The fourth-order valence-electron chi connectivity index (χ4n) is 2.31. The van der Waals surface area contributed by atoms with Crippen molar-refractivity contribution in [2.75, 3.05) is 12.7 Å². The summed E-state index contributed by atoms with van der Waals surface area (Å²) in [6.07, 6.45) is -1.26. The van der Waals surface area contributed by atoms with Crippen molar-refractivity contribution in [2.45, 2.75) is 59.5 Å². The normalized spacial score (nSPS) is 14.1. The Morgan fingerprint density at radius 2 is 1.53 bits per heavy atom. The van der Waals surface area contributed by atoms with Crippen LogP contribution in [0.5, 0.6) is 0 Å². The monoisotopic (exact) mass is 442 g/mol. The van der Waals surface area contributed by atoms with E-state index >= 15 is 0 Å². The molecule has 0 bridgehead atoms. The van der Waals surface area contributed by atoms with E-state index in [1.807, 2.05) is 6.07 Å². The first kappa shape index (κ1) is 25.8. The Labute approximate surface area is 177 Å². The fourth-order valence-corrected chi connectivity index (χ4v) is 4.17. The second-order valence-electron chi connectivity index (χ2n) is 7.25. The molecule has 10 heteroatoms. The minimum atomic E-state index is -3.72. The lowest BCUT2D eigenvalue weighted by molar-refractivity contribution is -0.149. The van der Waals surface area contributed by atoms with Crippen LogP contribution in [0.2, 0.25) is 0 Å². The van der Waals surface area contributed by atoms with Crippen LogP contribution in [0.1, 0.15) is 40.2 Å². The van der Waals surface area contributed by atoms with E-state index in [1.165, 1.54) is 6.92 Å². The smallest absolute Gasteiger partial charge is 0.323 e. The van der Waals surface area contributed by atoms with Crippen molar-refractivity contribution in [3.8, 4) is 0 Å². The number of ether oxygens (including phenoxy) is 3. The Kier molecular flexibility index (Phi) is 10.7. The summed E-state index contributed by atoms with van der Waals surface area (Å²) in [7, 11) is -3.72. The van der Waals surface area contributed by atoms with Crippen LogP contribution in [0.3, 0.4) is 0 Å². The largest absolute Gasteiger partial charge is 0.462 e. The predicted octanol–water partition coefficient (Wildman–Crippen LogP) is 2.39. The number of esters is 3. The fraction of sp³-hybridized carbons (Fsp3) is 0.550. The van der Waals surface area contributed by atoms with Gasteiger partial charge in [-0.2, -0.15) is 0 Å². The maximum Gasteiger partial charge on any atom is 0.323 e. The molecule has 1 unspecified atom stereocenters. The van der Waals surface area contributed by atoms with E-state index in [0.29, 0.717) is 0 Å². The number of carbonyl (C=O) groups is 3. The first-order valence-corrected chi connectivity index (χ1v) is 11.6. The van der Waals surface area contributed by atoms with E-state index in [-0.39, 0.29) is 18.8 Å².